The second-order valence-electron chi connectivity index (χ2n) is 6.88. The molecule has 2 aromatic heterocycles. The number of aromatic nitrogens is 2. The summed E-state index contributed by atoms with van der Waals surface area (Å²) in [7, 11) is 0. The van der Waals surface area contributed by atoms with Gasteiger partial charge in [-0.3, -0.25) is 15.1 Å². The number of carbonyl (C=O) groups is 1. The lowest BCUT2D eigenvalue weighted by atomic mass is 10.0. The van der Waals surface area contributed by atoms with Gasteiger partial charge in [0.25, 0.3) is 0 Å². The topological polar surface area (TPSA) is 68.0 Å². The van der Waals surface area contributed by atoms with E-state index < -0.39 is 0 Å². The molecule has 6 heteroatoms. The molecule has 0 unspecified atom stereocenters. The molecule has 3 aromatic rings. The molecule has 138 valence electrons. The van der Waals surface area contributed by atoms with Crippen LogP contribution in [0.3, 0.4) is 0 Å². The maximum Gasteiger partial charge on any atom is 0.239 e. The summed E-state index contributed by atoms with van der Waals surface area (Å²) in [5.74, 6) is 0.356. The highest BCUT2D eigenvalue weighted by molar-refractivity contribution is 5.97. The van der Waals surface area contributed by atoms with Gasteiger partial charge in [0.15, 0.2) is 0 Å². The normalized spacial score (nSPS) is 14.4. The molecule has 1 aliphatic carbocycles. The standard InChI is InChI=1S/C21H20FN3O2/c22-17-7-5-16(6-8-17)20-19(15-9-11-23-12-10-15)21(27-25-20)24-18(26)13-14-3-1-2-4-14/h5-12,14H,1-4,13H2,(H,24,26). The van der Waals surface area contributed by atoms with Gasteiger partial charge in [-0.1, -0.05) is 18.0 Å². The number of rotatable bonds is 5. The third-order valence-corrected chi connectivity index (χ3v) is 4.98. The van der Waals surface area contributed by atoms with Gasteiger partial charge < -0.3 is 4.52 Å². The first-order chi connectivity index (χ1) is 13.2. The largest absolute Gasteiger partial charge is 0.337 e. The number of anilines is 1. The minimum atomic E-state index is -0.321. The first-order valence-electron chi connectivity index (χ1n) is 9.16. The molecule has 0 aliphatic heterocycles. The highest BCUT2D eigenvalue weighted by atomic mass is 19.1. The van der Waals surface area contributed by atoms with Crippen molar-refractivity contribution in [3.8, 4) is 22.4 Å². The summed E-state index contributed by atoms with van der Waals surface area (Å²) >= 11 is 0. The van der Waals surface area contributed by atoms with E-state index in [-0.39, 0.29) is 11.7 Å². The molecule has 0 spiro atoms. The Balaban J connectivity index is 1.67. The third kappa shape index (κ3) is 3.89. The van der Waals surface area contributed by atoms with E-state index in [9.17, 15) is 9.18 Å². The van der Waals surface area contributed by atoms with Crippen molar-refractivity contribution >= 4 is 11.8 Å². The molecule has 0 atom stereocenters. The lowest BCUT2D eigenvalue weighted by Crippen LogP contribution is -2.15. The van der Waals surface area contributed by atoms with Crippen LogP contribution in [-0.4, -0.2) is 16.0 Å². The summed E-state index contributed by atoms with van der Waals surface area (Å²) in [6.45, 7) is 0. The molecule has 2 heterocycles. The fraction of sp³-hybridized carbons (Fsp3) is 0.286. The summed E-state index contributed by atoms with van der Waals surface area (Å²) in [5, 5.41) is 7.02. The number of carbonyl (C=O) groups excluding carboxylic acids is 1. The van der Waals surface area contributed by atoms with E-state index in [1.165, 1.54) is 25.0 Å². The Kier molecular flexibility index (Phi) is 4.96. The maximum absolute atomic E-state index is 13.3. The number of halogens is 1. The molecule has 5 nitrogen and oxygen atoms in total. The molecule has 1 aliphatic rings. The average Bonchev–Trinajstić information content (AvgIpc) is 3.33. The van der Waals surface area contributed by atoms with Crippen molar-refractivity contribution in [2.45, 2.75) is 32.1 Å². The second-order valence-corrected chi connectivity index (χ2v) is 6.88. The first-order valence-corrected chi connectivity index (χ1v) is 9.16. The van der Waals surface area contributed by atoms with Crippen LogP contribution in [0, 0.1) is 11.7 Å². The Labute approximate surface area is 156 Å². The zero-order valence-corrected chi connectivity index (χ0v) is 14.8. The zero-order valence-electron chi connectivity index (χ0n) is 14.8. The van der Waals surface area contributed by atoms with Crippen LogP contribution in [0.2, 0.25) is 0 Å². The molecular formula is C21H20FN3O2. The maximum atomic E-state index is 13.3. The first kappa shape index (κ1) is 17.4. The van der Waals surface area contributed by atoms with Crippen LogP contribution in [0.15, 0.2) is 53.3 Å². The van der Waals surface area contributed by atoms with Crippen molar-refractivity contribution in [2.75, 3.05) is 5.32 Å². The van der Waals surface area contributed by atoms with Gasteiger partial charge in [0, 0.05) is 24.4 Å². The predicted molar refractivity (Wildman–Crippen MR) is 100 cm³/mol. The van der Waals surface area contributed by atoms with Crippen molar-refractivity contribution in [2.24, 2.45) is 5.92 Å². The monoisotopic (exact) mass is 365 g/mol. The quantitative estimate of drug-likeness (QED) is 0.686. The molecule has 1 N–H and O–H groups in total. The van der Waals surface area contributed by atoms with Crippen LogP contribution in [-0.2, 0) is 4.79 Å². The van der Waals surface area contributed by atoms with Crippen molar-refractivity contribution in [3.63, 3.8) is 0 Å². The highest BCUT2D eigenvalue weighted by Gasteiger charge is 2.23. The average molecular weight is 365 g/mol. The Bertz CT molecular complexity index is 916. The van der Waals surface area contributed by atoms with Crippen molar-refractivity contribution in [1.29, 1.82) is 0 Å². The number of benzene rings is 1. The van der Waals surface area contributed by atoms with E-state index in [0.29, 0.717) is 35.0 Å². The van der Waals surface area contributed by atoms with Gasteiger partial charge in [0.05, 0.1) is 5.56 Å². The highest BCUT2D eigenvalue weighted by Crippen LogP contribution is 2.38. The van der Waals surface area contributed by atoms with E-state index in [2.05, 4.69) is 15.5 Å². The van der Waals surface area contributed by atoms with E-state index >= 15 is 0 Å². The minimum absolute atomic E-state index is 0.0704. The fourth-order valence-corrected chi connectivity index (χ4v) is 3.62. The van der Waals surface area contributed by atoms with Gasteiger partial charge >= 0.3 is 0 Å². The summed E-state index contributed by atoms with van der Waals surface area (Å²) in [6, 6.07) is 9.68. The number of nitrogens with zero attached hydrogens (tertiary/aromatic N) is 2. The predicted octanol–water partition coefficient (Wildman–Crippen LogP) is 5.06. The number of hydrogen-bond acceptors (Lipinski definition) is 4. The van der Waals surface area contributed by atoms with Crippen LogP contribution in [0.4, 0.5) is 10.3 Å². The summed E-state index contributed by atoms with van der Waals surface area (Å²) < 4.78 is 18.8. The van der Waals surface area contributed by atoms with Crippen LogP contribution in [0.25, 0.3) is 22.4 Å². The van der Waals surface area contributed by atoms with Crippen LogP contribution >= 0.6 is 0 Å². The van der Waals surface area contributed by atoms with Crippen LogP contribution < -0.4 is 5.32 Å². The molecule has 0 radical (unpaired) electrons. The summed E-state index contributed by atoms with van der Waals surface area (Å²) in [6.07, 6.45) is 8.41. The van der Waals surface area contributed by atoms with E-state index in [4.69, 9.17) is 4.52 Å². The second kappa shape index (κ2) is 7.70. The zero-order chi connectivity index (χ0) is 18.6. The Hall–Kier alpha value is -3.02. The number of hydrogen-bond donors (Lipinski definition) is 1. The molecule has 0 bridgehead atoms. The SMILES string of the molecule is O=C(CC1CCCC1)Nc1onc(-c2ccc(F)cc2)c1-c1ccncc1. The van der Waals surface area contributed by atoms with Gasteiger partial charge in [-0.15, -0.1) is 0 Å². The third-order valence-electron chi connectivity index (χ3n) is 4.98. The van der Waals surface area contributed by atoms with Crippen molar-refractivity contribution in [1.82, 2.24) is 10.1 Å². The number of amides is 1. The van der Waals surface area contributed by atoms with Gasteiger partial charge in [-0.05, 0) is 60.7 Å². The lowest BCUT2D eigenvalue weighted by molar-refractivity contribution is -0.117. The number of nitrogens with one attached hydrogen (secondary N) is 1. The molecule has 0 saturated heterocycles. The molecule has 1 aromatic carbocycles. The smallest absolute Gasteiger partial charge is 0.239 e. The molecule has 1 fully saturated rings. The fourth-order valence-electron chi connectivity index (χ4n) is 3.62. The summed E-state index contributed by atoms with van der Waals surface area (Å²) in [4.78, 5) is 16.5. The van der Waals surface area contributed by atoms with Crippen LogP contribution in [0.1, 0.15) is 32.1 Å². The Morgan fingerprint density at radius 2 is 1.78 bits per heavy atom. The molecule has 27 heavy (non-hydrogen) atoms. The molecular weight excluding hydrogens is 345 g/mol. The van der Waals surface area contributed by atoms with Gasteiger partial charge in [-0.2, -0.15) is 0 Å². The van der Waals surface area contributed by atoms with Crippen LogP contribution in [0.5, 0.6) is 0 Å². The van der Waals surface area contributed by atoms with Gasteiger partial charge in [0.2, 0.25) is 11.8 Å². The Morgan fingerprint density at radius 1 is 1.07 bits per heavy atom. The molecule has 1 amide bonds. The molecule has 4 rings (SSSR count). The molecule has 1 saturated carbocycles. The lowest BCUT2D eigenvalue weighted by Gasteiger charge is -2.09. The van der Waals surface area contributed by atoms with Gasteiger partial charge in [0.1, 0.15) is 11.5 Å². The minimum Gasteiger partial charge on any atom is -0.337 e. The van der Waals surface area contributed by atoms with E-state index in [0.717, 1.165) is 18.4 Å². The van der Waals surface area contributed by atoms with E-state index in [1.54, 1.807) is 24.5 Å². The summed E-state index contributed by atoms with van der Waals surface area (Å²) in [5.41, 5.74) is 2.76. The van der Waals surface area contributed by atoms with E-state index in [1.807, 2.05) is 12.1 Å². The van der Waals surface area contributed by atoms with Crippen molar-refractivity contribution in [3.05, 3.63) is 54.6 Å². The Morgan fingerprint density at radius 3 is 2.48 bits per heavy atom. The van der Waals surface area contributed by atoms with Crippen molar-refractivity contribution < 1.29 is 13.7 Å². The number of pyridine rings is 1. The van der Waals surface area contributed by atoms with Gasteiger partial charge in [-0.25, -0.2) is 4.39 Å².